The predicted octanol–water partition coefficient (Wildman–Crippen LogP) is 7.49. The zero-order valence-electron chi connectivity index (χ0n) is 17.9. The molecule has 0 fully saturated rings. The van der Waals surface area contributed by atoms with Crippen LogP contribution in [0.25, 0.3) is 0 Å². The van der Waals surface area contributed by atoms with Gasteiger partial charge in [-0.1, -0.05) is 63.7 Å². The first kappa shape index (κ1) is 26.5. The van der Waals surface area contributed by atoms with Crippen LogP contribution >= 0.6 is 46.4 Å². The maximum Gasteiger partial charge on any atom is 0.156 e. The summed E-state index contributed by atoms with van der Waals surface area (Å²) in [5.41, 5.74) is 2.05. The summed E-state index contributed by atoms with van der Waals surface area (Å²) < 4.78 is 17.1. The number of hydrogen-bond donors (Lipinski definition) is 0. The second-order valence-electron chi connectivity index (χ2n) is 6.84. The van der Waals surface area contributed by atoms with E-state index in [1.807, 2.05) is 38.1 Å². The minimum Gasteiger partial charge on any atom is -0.493 e. The summed E-state index contributed by atoms with van der Waals surface area (Å²) in [6.45, 7) is 5.43. The molecule has 0 amide bonds. The molecule has 0 saturated carbocycles. The van der Waals surface area contributed by atoms with Gasteiger partial charge in [0, 0.05) is 25.0 Å². The lowest BCUT2D eigenvalue weighted by Gasteiger charge is -2.12. The van der Waals surface area contributed by atoms with Gasteiger partial charge in [-0.2, -0.15) is 0 Å². The first-order chi connectivity index (χ1) is 15.3. The van der Waals surface area contributed by atoms with E-state index < -0.39 is 0 Å². The summed E-state index contributed by atoms with van der Waals surface area (Å²) in [6, 6.07) is 11.1. The molecular weight excluding hydrogens is 496 g/mol. The lowest BCUT2D eigenvalue weighted by molar-refractivity contribution is 0.147. The van der Waals surface area contributed by atoms with Gasteiger partial charge in [0.25, 0.3) is 0 Å². The summed E-state index contributed by atoms with van der Waals surface area (Å²) in [5.74, 6) is 1.69. The summed E-state index contributed by atoms with van der Waals surface area (Å²) in [7, 11) is 0. The van der Waals surface area contributed by atoms with Crippen LogP contribution in [0.1, 0.15) is 25.8 Å². The van der Waals surface area contributed by atoms with E-state index in [1.54, 1.807) is 12.1 Å². The molecule has 0 radical (unpaired) electrons. The molecule has 0 aliphatic heterocycles. The van der Waals surface area contributed by atoms with Crippen LogP contribution < -0.4 is 14.2 Å². The van der Waals surface area contributed by atoms with Gasteiger partial charge in [-0.3, -0.25) is 0 Å². The molecule has 0 unspecified atom stereocenters. The Balaban J connectivity index is 1.71. The average Bonchev–Trinajstić information content (AvgIpc) is 2.73. The van der Waals surface area contributed by atoms with Gasteiger partial charge in [0.05, 0.1) is 29.0 Å². The van der Waals surface area contributed by atoms with Gasteiger partial charge in [-0.15, -0.1) is 0 Å². The van der Waals surface area contributed by atoms with E-state index >= 15 is 0 Å². The molecule has 9 heteroatoms. The third-order valence-corrected chi connectivity index (χ3v) is 4.79. The summed E-state index contributed by atoms with van der Waals surface area (Å²) in [4.78, 5) is 5.21. The quantitative estimate of drug-likeness (QED) is 0.156. The Labute approximate surface area is 208 Å². The minimum atomic E-state index is 0.127. The van der Waals surface area contributed by atoms with E-state index in [4.69, 9.17) is 65.5 Å². The van der Waals surface area contributed by atoms with E-state index in [1.165, 1.54) is 6.08 Å². The van der Waals surface area contributed by atoms with Crippen LogP contribution in [0.5, 0.6) is 17.2 Å². The highest BCUT2D eigenvalue weighted by atomic mass is 35.5. The van der Waals surface area contributed by atoms with E-state index in [0.717, 1.165) is 23.4 Å². The number of rotatable bonds is 13. The molecule has 0 bridgehead atoms. The van der Waals surface area contributed by atoms with Crippen LogP contribution in [0.3, 0.4) is 0 Å². The van der Waals surface area contributed by atoms with Gasteiger partial charge in [0.1, 0.15) is 29.2 Å². The molecule has 2 aromatic rings. The molecule has 2 aromatic carbocycles. The van der Waals surface area contributed by atoms with Crippen LogP contribution in [0.4, 0.5) is 0 Å². The summed E-state index contributed by atoms with van der Waals surface area (Å²) >= 11 is 23.6. The summed E-state index contributed by atoms with van der Waals surface area (Å²) in [5, 5.41) is 4.63. The van der Waals surface area contributed by atoms with E-state index in [9.17, 15) is 0 Å². The fraction of sp³-hybridized carbons (Fsp3) is 0.348. The van der Waals surface area contributed by atoms with E-state index in [0.29, 0.717) is 47.8 Å². The van der Waals surface area contributed by atoms with Crippen LogP contribution in [-0.4, -0.2) is 32.1 Å². The monoisotopic (exact) mass is 519 g/mol. The molecule has 0 aromatic heterocycles. The molecule has 0 spiro atoms. The zero-order chi connectivity index (χ0) is 23.3. The van der Waals surface area contributed by atoms with Crippen LogP contribution in [0, 0.1) is 0 Å². The second kappa shape index (κ2) is 14.4. The lowest BCUT2D eigenvalue weighted by atomic mass is 10.1. The van der Waals surface area contributed by atoms with Crippen molar-refractivity contribution in [2.45, 2.75) is 26.7 Å². The van der Waals surface area contributed by atoms with Gasteiger partial charge in [0.15, 0.2) is 5.75 Å². The number of oxime groups is 1. The number of hydrogen-bond acceptors (Lipinski definition) is 5. The second-order valence-corrected chi connectivity index (χ2v) is 8.66. The molecule has 0 aliphatic rings. The molecule has 2 rings (SSSR count). The van der Waals surface area contributed by atoms with Crippen molar-refractivity contribution >= 4 is 52.1 Å². The standard InChI is InChI=1S/C23H25Cl4NO4/c1-16(2)28-32-13-8-17-4-6-18(7-5-17)29-10-3-11-31-23-20(24)14-19(15-21(23)25)30-12-9-22(26)27/h4-7,9,14-15H,3,8,10-13H2,1-2H3. The Morgan fingerprint density at radius 3 is 2.16 bits per heavy atom. The average molecular weight is 521 g/mol. The first-order valence-electron chi connectivity index (χ1n) is 9.96. The predicted molar refractivity (Wildman–Crippen MR) is 132 cm³/mol. The van der Waals surface area contributed by atoms with Gasteiger partial charge in [0.2, 0.25) is 0 Å². The minimum absolute atomic E-state index is 0.127. The molecule has 0 N–H and O–H groups in total. The molecular formula is C23H25Cl4NO4. The van der Waals surface area contributed by atoms with Crippen molar-refractivity contribution in [3.63, 3.8) is 0 Å². The fourth-order valence-corrected chi connectivity index (χ4v) is 3.17. The Kier molecular flexibility index (Phi) is 11.9. The van der Waals surface area contributed by atoms with Gasteiger partial charge >= 0.3 is 0 Å². The van der Waals surface area contributed by atoms with Crippen LogP contribution in [-0.2, 0) is 11.3 Å². The molecule has 174 valence electrons. The summed E-state index contributed by atoms with van der Waals surface area (Å²) in [6.07, 6.45) is 2.96. The largest absolute Gasteiger partial charge is 0.493 e. The maximum absolute atomic E-state index is 6.26. The van der Waals surface area contributed by atoms with Gasteiger partial charge in [-0.05, 0) is 37.6 Å². The van der Waals surface area contributed by atoms with Crippen molar-refractivity contribution in [2.24, 2.45) is 5.16 Å². The van der Waals surface area contributed by atoms with Crippen LogP contribution in [0.2, 0.25) is 10.0 Å². The van der Waals surface area contributed by atoms with Crippen molar-refractivity contribution in [2.75, 3.05) is 26.4 Å². The van der Waals surface area contributed by atoms with Crippen LogP contribution in [0.15, 0.2) is 52.1 Å². The van der Waals surface area contributed by atoms with Crippen molar-refractivity contribution in [3.8, 4) is 17.2 Å². The SMILES string of the molecule is CC(C)=NOCCc1ccc(OCCCOc2c(Cl)cc(OCC=C(Cl)Cl)cc2Cl)cc1. The smallest absolute Gasteiger partial charge is 0.156 e. The Morgan fingerprint density at radius 2 is 1.53 bits per heavy atom. The van der Waals surface area contributed by atoms with Gasteiger partial charge < -0.3 is 19.0 Å². The fourth-order valence-electron chi connectivity index (χ4n) is 2.47. The highest BCUT2D eigenvalue weighted by Gasteiger charge is 2.10. The number of benzene rings is 2. The highest BCUT2D eigenvalue weighted by Crippen LogP contribution is 2.37. The number of ether oxygens (including phenoxy) is 3. The van der Waals surface area contributed by atoms with E-state index in [2.05, 4.69) is 5.16 Å². The molecule has 0 saturated heterocycles. The van der Waals surface area contributed by atoms with Gasteiger partial charge in [-0.25, -0.2) is 0 Å². The molecule has 0 heterocycles. The number of nitrogens with zero attached hydrogens (tertiary/aromatic N) is 1. The van der Waals surface area contributed by atoms with Crippen molar-refractivity contribution in [3.05, 3.63) is 62.6 Å². The first-order valence-corrected chi connectivity index (χ1v) is 11.5. The molecule has 0 atom stereocenters. The zero-order valence-corrected chi connectivity index (χ0v) is 20.9. The normalized spacial score (nSPS) is 10.3. The van der Waals surface area contributed by atoms with Crippen molar-refractivity contribution in [1.82, 2.24) is 0 Å². The lowest BCUT2D eigenvalue weighted by Crippen LogP contribution is -2.06. The third kappa shape index (κ3) is 10.2. The number of halogens is 4. The Bertz CT molecular complexity index is 886. The molecule has 0 aliphatic carbocycles. The molecule has 32 heavy (non-hydrogen) atoms. The van der Waals surface area contributed by atoms with E-state index in [-0.39, 0.29) is 11.1 Å². The third-order valence-electron chi connectivity index (χ3n) is 3.92. The Morgan fingerprint density at radius 1 is 0.875 bits per heavy atom. The molecule has 5 nitrogen and oxygen atoms in total. The Hall–Kier alpha value is -1.79. The topological polar surface area (TPSA) is 49.3 Å². The maximum atomic E-state index is 6.26. The van der Waals surface area contributed by atoms with Crippen molar-refractivity contribution in [1.29, 1.82) is 0 Å². The highest BCUT2D eigenvalue weighted by molar-refractivity contribution is 6.55. The van der Waals surface area contributed by atoms with Crippen molar-refractivity contribution < 1.29 is 19.0 Å².